The molecule has 0 saturated heterocycles. The summed E-state index contributed by atoms with van der Waals surface area (Å²) in [7, 11) is 0. The number of benzene rings is 2. The van der Waals surface area contributed by atoms with Crippen LogP contribution in [0.3, 0.4) is 0 Å². The summed E-state index contributed by atoms with van der Waals surface area (Å²) in [5.74, 6) is 0.121. The molecule has 2 aromatic carbocycles. The molecular formula is C23H24FNO5. The Morgan fingerprint density at radius 1 is 1.07 bits per heavy atom. The van der Waals surface area contributed by atoms with Gasteiger partial charge in [0.25, 0.3) is 5.91 Å². The lowest BCUT2D eigenvalue weighted by atomic mass is 9.79. The van der Waals surface area contributed by atoms with Gasteiger partial charge in [-0.1, -0.05) is 37.1 Å². The van der Waals surface area contributed by atoms with Gasteiger partial charge in [0, 0.05) is 0 Å². The van der Waals surface area contributed by atoms with Crippen molar-refractivity contribution in [2.75, 3.05) is 19.8 Å². The molecule has 1 heterocycles. The fraction of sp³-hybridized carbons (Fsp3) is 0.391. The summed E-state index contributed by atoms with van der Waals surface area (Å²) in [6.45, 7) is 0.199. The van der Waals surface area contributed by atoms with Gasteiger partial charge >= 0.3 is 5.97 Å². The minimum absolute atomic E-state index is 0.244. The van der Waals surface area contributed by atoms with Crippen LogP contribution in [0.2, 0.25) is 0 Å². The largest absolute Gasteiger partial charge is 0.486 e. The van der Waals surface area contributed by atoms with Gasteiger partial charge in [0.15, 0.2) is 18.1 Å². The minimum atomic E-state index is -0.808. The van der Waals surface area contributed by atoms with Crippen molar-refractivity contribution in [3.05, 3.63) is 59.9 Å². The molecule has 30 heavy (non-hydrogen) atoms. The lowest BCUT2D eigenvalue weighted by Gasteiger charge is -2.27. The van der Waals surface area contributed by atoms with Gasteiger partial charge in [-0.15, -0.1) is 0 Å². The van der Waals surface area contributed by atoms with Crippen LogP contribution >= 0.6 is 0 Å². The SMILES string of the molecule is O=C(COC(=O)C1(c2ccc(F)cc2)CCCC1)NC[C@H]1COc2ccccc2O1. The number of carbonyl (C=O) groups is 2. The average Bonchev–Trinajstić information content (AvgIpc) is 3.27. The van der Waals surface area contributed by atoms with Crippen LogP contribution in [0.4, 0.5) is 4.39 Å². The Labute approximate surface area is 174 Å². The molecule has 6 nitrogen and oxygen atoms in total. The van der Waals surface area contributed by atoms with E-state index >= 15 is 0 Å². The van der Waals surface area contributed by atoms with Crippen molar-refractivity contribution in [2.24, 2.45) is 0 Å². The number of nitrogens with one attached hydrogen (secondary N) is 1. The molecule has 0 aromatic heterocycles. The Morgan fingerprint density at radius 3 is 2.50 bits per heavy atom. The van der Waals surface area contributed by atoms with E-state index in [9.17, 15) is 14.0 Å². The molecule has 1 N–H and O–H groups in total. The molecule has 2 aromatic rings. The van der Waals surface area contributed by atoms with Gasteiger partial charge in [-0.2, -0.15) is 0 Å². The second-order valence-corrected chi connectivity index (χ2v) is 7.67. The third-order valence-electron chi connectivity index (χ3n) is 5.67. The number of rotatable bonds is 6. The monoisotopic (exact) mass is 413 g/mol. The molecule has 0 radical (unpaired) electrons. The van der Waals surface area contributed by atoms with E-state index in [-0.39, 0.29) is 25.1 Å². The number of ether oxygens (including phenoxy) is 3. The molecule has 158 valence electrons. The van der Waals surface area contributed by atoms with Gasteiger partial charge in [0.05, 0.1) is 12.0 Å². The first-order valence-corrected chi connectivity index (χ1v) is 10.2. The predicted octanol–water partition coefficient (Wildman–Crippen LogP) is 3.14. The summed E-state index contributed by atoms with van der Waals surface area (Å²) < 4.78 is 30.1. The van der Waals surface area contributed by atoms with Gasteiger partial charge in [-0.3, -0.25) is 9.59 Å². The highest BCUT2D eigenvalue weighted by Gasteiger charge is 2.44. The highest BCUT2D eigenvalue weighted by molar-refractivity contribution is 5.86. The van der Waals surface area contributed by atoms with Crippen molar-refractivity contribution in [2.45, 2.75) is 37.2 Å². The van der Waals surface area contributed by atoms with Crippen LogP contribution in [-0.4, -0.2) is 37.7 Å². The fourth-order valence-corrected chi connectivity index (χ4v) is 4.07. The highest BCUT2D eigenvalue weighted by atomic mass is 19.1. The second kappa shape index (κ2) is 8.73. The normalized spacial score (nSPS) is 19.2. The second-order valence-electron chi connectivity index (χ2n) is 7.67. The Morgan fingerprint density at radius 2 is 1.77 bits per heavy atom. The zero-order valence-corrected chi connectivity index (χ0v) is 16.6. The van der Waals surface area contributed by atoms with Crippen LogP contribution in [0.5, 0.6) is 11.5 Å². The van der Waals surface area contributed by atoms with Gasteiger partial charge in [0.2, 0.25) is 0 Å². The minimum Gasteiger partial charge on any atom is -0.486 e. The molecule has 0 spiro atoms. The number of halogens is 1. The first-order valence-electron chi connectivity index (χ1n) is 10.2. The van der Waals surface area contributed by atoms with E-state index in [0.29, 0.717) is 30.9 Å². The predicted molar refractivity (Wildman–Crippen MR) is 107 cm³/mol. The maximum atomic E-state index is 13.3. The Bertz CT molecular complexity index is 908. The molecule has 2 aliphatic rings. The number of amides is 1. The molecular weight excluding hydrogens is 389 g/mol. The third kappa shape index (κ3) is 4.25. The van der Waals surface area contributed by atoms with Gasteiger partial charge < -0.3 is 19.5 Å². The first-order chi connectivity index (χ1) is 14.6. The maximum Gasteiger partial charge on any atom is 0.317 e. The summed E-state index contributed by atoms with van der Waals surface area (Å²) in [5.41, 5.74) is -0.0731. The molecule has 1 atom stereocenters. The van der Waals surface area contributed by atoms with E-state index in [1.807, 2.05) is 24.3 Å². The van der Waals surface area contributed by atoms with E-state index in [1.165, 1.54) is 12.1 Å². The lowest BCUT2D eigenvalue weighted by Crippen LogP contribution is -2.43. The standard InChI is InChI=1S/C23H24FNO5/c24-17-9-7-16(8-10-17)23(11-3-4-12-23)22(27)29-15-21(26)25-13-18-14-28-19-5-1-2-6-20(19)30-18/h1-2,5-10,18H,3-4,11-15H2,(H,25,26)/t18-/m0/s1. The van der Waals surface area contributed by atoms with Crippen molar-refractivity contribution in [1.82, 2.24) is 5.32 Å². The number of hydrogen-bond donors (Lipinski definition) is 1. The number of carbonyl (C=O) groups excluding carboxylic acids is 2. The van der Waals surface area contributed by atoms with E-state index in [0.717, 1.165) is 18.4 Å². The maximum absolute atomic E-state index is 13.3. The van der Waals surface area contributed by atoms with Crippen molar-refractivity contribution in [1.29, 1.82) is 0 Å². The molecule has 4 rings (SSSR count). The van der Waals surface area contributed by atoms with Crippen LogP contribution in [-0.2, 0) is 19.7 Å². The van der Waals surface area contributed by atoms with E-state index < -0.39 is 17.3 Å². The number of esters is 1. The van der Waals surface area contributed by atoms with Crippen molar-refractivity contribution in [3.63, 3.8) is 0 Å². The fourth-order valence-electron chi connectivity index (χ4n) is 4.07. The first kappa shape index (κ1) is 20.2. The summed E-state index contributed by atoms with van der Waals surface area (Å²) in [4.78, 5) is 25.1. The molecule has 1 fully saturated rings. The molecule has 1 aliphatic carbocycles. The van der Waals surface area contributed by atoms with Gasteiger partial charge in [-0.05, 0) is 42.7 Å². The van der Waals surface area contributed by atoms with Crippen LogP contribution in [0.25, 0.3) is 0 Å². The van der Waals surface area contributed by atoms with Crippen LogP contribution in [0.1, 0.15) is 31.2 Å². The zero-order valence-electron chi connectivity index (χ0n) is 16.6. The molecule has 1 saturated carbocycles. The van der Waals surface area contributed by atoms with Gasteiger partial charge in [0.1, 0.15) is 18.5 Å². The Kier molecular flexibility index (Phi) is 5.88. The summed E-state index contributed by atoms with van der Waals surface area (Å²) in [6.07, 6.45) is 2.72. The molecule has 1 amide bonds. The van der Waals surface area contributed by atoms with Crippen molar-refractivity contribution >= 4 is 11.9 Å². The number of fused-ring (bicyclic) bond motifs is 1. The van der Waals surface area contributed by atoms with E-state index in [1.54, 1.807) is 12.1 Å². The van der Waals surface area contributed by atoms with Crippen molar-refractivity contribution in [3.8, 4) is 11.5 Å². The zero-order chi connectivity index (χ0) is 21.0. The van der Waals surface area contributed by atoms with Crippen molar-refractivity contribution < 1.29 is 28.2 Å². The third-order valence-corrected chi connectivity index (χ3v) is 5.67. The smallest absolute Gasteiger partial charge is 0.317 e. The van der Waals surface area contributed by atoms with E-state index in [4.69, 9.17) is 14.2 Å². The molecule has 1 aliphatic heterocycles. The average molecular weight is 413 g/mol. The lowest BCUT2D eigenvalue weighted by molar-refractivity contribution is -0.154. The quantitative estimate of drug-likeness (QED) is 0.737. The van der Waals surface area contributed by atoms with Crippen LogP contribution < -0.4 is 14.8 Å². The number of hydrogen-bond acceptors (Lipinski definition) is 5. The van der Waals surface area contributed by atoms with Gasteiger partial charge in [-0.25, -0.2) is 4.39 Å². The highest BCUT2D eigenvalue weighted by Crippen LogP contribution is 2.42. The topological polar surface area (TPSA) is 73.9 Å². The summed E-state index contributed by atoms with van der Waals surface area (Å²) in [5, 5.41) is 2.72. The Balaban J connectivity index is 1.29. The number of para-hydroxylation sites is 2. The van der Waals surface area contributed by atoms with Crippen LogP contribution in [0, 0.1) is 5.82 Å². The molecule has 0 unspecified atom stereocenters. The molecule has 7 heteroatoms. The summed E-state index contributed by atoms with van der Waals surface area (Å²) >= 11 is 0. The van der Waals surface area contributed by atoms with Crippen LogP contribution in [0.15, 0.2) is 48.5 Å². The Hall–Kier alpha value is -3.09. The van der Waals surface area contributed by atoms with E-state index in [2.05, 4.69) is 5.32 Å². The summed E-state index contributed by atoms with van der Waals surface area (Å²) in [6, 6.07) is 13.3. The molecule has 0 bridgehead atoms.